The van der Waals surface area contributed by atoms with Crippen LogP contribution in [0, 0.1) is 0 Å². The number of halogens is 5. The first-order chi connectivity index (χ1) is 12.0. The van der Waals surface area contributed by atoms with Crippen molar-refractivity contribution >= 4 is 22.1 Å². The molecule has 0 heterocycles. The Kier molecular flexibility index (Phi) is 8.33. The molecule has 27 heavy (non-hydrogen) atoms. The van der Waals surface area contributed by atoms with Crippen LogP contribution in [0.4, 0.5) is 22.0 Å². The first-order valence-electron chi connectivity index (χ1n) is 7.13. The predicted octanol–water partition coefficient (Wildman–Crippen LogP) is 2.20. The molecule has 158 valence electrons. The number of alkyl halides is 5. The van der Waals surface area contributed by atoms with Gasteiger partial charge in [0, 0.05) is 5.57 Å². The summed E-state index contributed by atoms with van der Waals surface area (Å²) < 4.78 is 108. The van der Waals surface area contributed by atoms with E-state index >= 15 is 0 Å². The zero-order valence-corrected chi connectivity index (χ0v) is 15.0. The molecular formula is C13H17F5O8S. The number of hydrogen-bond acceptors (Lipinski definition) is 7. The lowest BCUT2D eigenvalue weighted by molar-refractivity contribution is -0.360. The van der Waals surface area contributed by atoms with E-state index in [2.05, 4.69) is 20.8 Å². The maximum absolute atomic E-state index is 13.4. The van der Waals surface area contributed by atoms with Crippen molar-refractivity contribution in [2.24, 2.45) is 0 Å². The van der Waals surface area contributed by atoms with E-state index in [9.17, 15) is 40.0 Å². The van der Waals surface area contributed by atoms with Crippen molar-refractivity contribution in [3.8, 4) is 0 Å². The van der Waals surface area contributed by atoms with Gasteiger partial charge in [-0.15, -0.1) is 0 Å². The third-order valence-electron chi connectivity index (χ3n) is 2.78. The quantitative estimate of drug-likeness (QED) is 0.141. The van der Waals surface area contributed by atoms with E-state index in [-0.39, 0.29) is 6.42 Å². The highest BCUT2D eigenvalue weighted by atomic mass is 32.2. The van der Waals surface area contributed by atoms with Crippen LogP contribution in [0.15, 0.2) is 12.2 Å². The summed E-state index contributed by atoms with van der Waals surface area (Å²) in [6, 6.07) is 0. The molecule has 1 N–H and O–H groups in total. The largest absolute Gasteiger partial charge is 0.468 e. The lowest BCUT2D eigenvalue weighted by Gasteiger charge is -2.33. The molecule has 1 unspecified atom stereocenters. The molecule has 0 aliphatic heterocycles. The molecule has 0 aliphatic carbocycles. The summed E-state index contributed by atoms with van der Waals surface area (Å²) in [5.74, 6) is -8.97. The van der Waals surface area contributed by atoms with Crippen molar-refractivity contribution in [2.45, 2.75) is 43.9 Å². The standard InChI is InChI=1S/C13H17F5O8S/c1-4-5-6-24-10(20)12(13(16,17)18,26-9(19)8(2)3)25-7-11(14,15)27(21,22)23/h2,4-7H2,1,3H3,(H,21,22,23). The fourth-order valence-electron chi connectivity index (χ4n) is 1.27. The molecule has 0 fully saturated rings. The Morgan fingerprint density at radius 2 is 1.67 bits per heavy atom. The van der Waals surface area contributed by atoms with E-state index in [4.69, 9.17) is 4.55 Å². The SMILES string of the molecule is C=C(C)C(=O)OC(OCC(F)(F)S(=O)(=O)O)(C(=O)OCCCC)C(F)(F)F. The molecule has 0 radical (unpaired) electrons. The number of unbranched alkanes of at least 4 members (excludes halogenated alkanes) is 1. The highest BCUT2D eigenvalue weighted by Crippen LogP contribution is 2.38. The van der Waals surface area contributed by atoms with Gasteiger partial charge in [0.25, 0.3) is 0 Å². The third-order valence-corrected chi connectivity index (χ3v) is 3.65. The molecule has 0 spiro atoms. The smallest absolute Gasteiger partial charge is 0.461 e. The van der Waals surface area contributed by atoms with Crippen LogP contribution in [0.2, 0.25) is 0 Å². The number of hydrogen-bond donors (Lipinski definition) is 1. The molecule has 0 aromatic carbocycles. The van der Waals surface area contributed by atoms with Gasteiger partial charge in [-0.2, -0.15) is 30.4 Å². The van der Waals surface area contributed by atoms with Crippen LogP contribution in [0.3, 0.4) is 0 Å². The van der Waals surface area contributed by atoms with Crippen molar-refractivity contribution < 1.29 is 58.7 Å². The van der Waals surface area contributed by atoms with E-state index in [1.807, 2.05) is 0 Å². The summed E-state index contributed by atoms with van der Waals surface area (Å²) in [7, 11) is -6.20. The molecule has 0 saturated carbocycles. The van der Waals surface area contributed by atoms with Gasteiger partial charge in [0.05, 0.1) is 6.61 Å². The average molecular weight is 428 g/mol. The van der Waals surface area contributed by atoms with Gasteiger partial charge in [0.1, 0.15) is 6.61 Å². The molecule has 1 atom stereocenters. The predicted molar refractivity (Wildman–Crippen MR) is 78.0 cm³/mol. The maximum Gasteiger partial charge on any atom is 0.468 e. The molecule has 0 aliphatic rings. The minimum Gasteiger partial charge on any atom is -0.461 e. The van der Waals surface area contributed by atoms with E-state index in [1.165, 1.54) is 0 Å². The lowest BCUT2D eigenvalue weighted by Crippen LogP contribution is -2.59. The van der Waals surface area contributed by atoms with Gasteiger partial charge in [-0.1, -0.05) is 19.9 Å². The highest BCUT2D eigenvalue weighted by molar-refractivity contribution is 7.86. The molecule has 0 rings (SSSR count). The van der Waals surface area contributed by atoms with E-state index < -0.39 is 58.1 Å². The Bertz CT molecular complexity index is 673. The van der Waals surface area contributed by atoms with E-state index in [1.54, 1.807) is 6.92 Å². The topological polar surface area (TPSA) is 116 Å². The fourth-order valence-corrected chi connectivity index (χ4v) is 1.48. The number of carbonyl (C=O) groups is 2. The Balaban J connectivity index is 6.03. The van der Waals surface area contributed by atoms with Crippen molar-refractivity contribution in [1.29, 1.82) is 0 Å². The van der Waals surface area contributed by atoms with Crippen LogP contribution in [0.25, 0.3) is 0 Å². The van der Waals surface area contributed by atoms with Gasteiger partial charge >= 0.3 is 39.3 Å². The minimum absolute atomic E-state index is 0.0787. The number of esters is 2. The first kappa shape index (κ1) is 25.2. The molecule has 0 amide bonds. The van der Waals surface area contributed by atoms with Crippen molar-refractivity contribution in [3.63, 3.8) is 0 Å². The van der Waals surface area contributed by atoms with E-state index in [0.717, 1.165) is 6.92 Å². The van der Waals surface area contributed by atoms with Gasteiger partial charge < -0.3 is 14.2 Å². The molecule has 14 heteroatoms. The number of ether oxygens (including phenoxy) is 3. The van der Waals surface area contributed by atoms with E-state index in [0.29, 0.717) is 6.42 Å². The molecule has 8 nitrogen and oxygen atoms in total. The van der Waals surface area contributed by atoms with Gasteiger partial charge in [-0.25, -0.2) is 9.59 Å². The highest BCUT2D eigenvalue weighted by Gasteiger charge is 2.69. The Morgan fingerprint density at radius 1 is 1.15 bits per heavy atom. The van der Waals surface area contributed by atoms with Crippen LogP contribution in [0.5, 0.6) is 0 Å². The summed E-state index contributed by atoms with van der Waals surface area (Å²) in [6.45, 7) is 2.18. The second-order valence-electron chi connectivity index (χ2n) is 5.17. The minimum atomic E-state index is -6.20. The number of carbonyl (C=O) groups excluding carboxylic acids is 2. The monoisotopic (exact) mass is 428 g/mol. The van der Waals surface area contributed by atoms with Crippen molar-refractivity contribution in [1.82, 2.24) is 0 Å². The maximum atomic E-state index is 13.4. The number of rotatable bonds is 10. The average Bonchev–Trinajstić information content (AvgIpc) is 2.48. The van der Waals surface area contributed by atoms with Crippen molar-refractivity contribution in [3.05, 3.63) is 12.2 Å². The second kappa shape index (κ2) is 8.93. The zero-order valence-electron chi connectivity index (χ0n) is 14.1. The van der Waals surface area contributed by atoms with Crippen LogP contribution in [-0.4, -0.2) is 55.3 Å². The Morgan fingerprint density at radius 3 is 2.04 bits per heavy atom. The van der Waals surface area contributed by atoms with Gasteiger partial charge in [0.2, 0.25) is 0 Å². The normalized spacial score (nSPS) is 15.0. The summed E-state index contributed by atoms with van der Waals surface area (Å²) in [4.78, 5) is 23.4. The molecule has 0 aromatic rings. The molecular weight excluding hydrogens is 411 g/mol. The molecule has 0 saturated heterocycles. The summed E-state index contributed by atoms with van der Waals surface area (Å²) in [6.07, 6.45) is -5.49. The van der Waals surface area contributed by atoms with Crippen LogP contribution >= 0.6 is 0 Å². The van der Waals surface area contributed by atoms with Crippen LogP contribution in [0.1, 0.15) is 26.7 Å². The summed E-state index contributed by atoms with van der Waals surface area (Å²) >= 11 is 0. The summed E-state index contributed by atoms with van der Waals surface area (Å²) in [5, 5.41) is -5.25. The van der Waals surface area contributed by atoms with Gasteiger partial charge in [-0.05, 0) is 13.3 Å². The van der Waals surface area contributed by atoms with Crippen LogP contribution in [-0.2, 0) is 33.9 Å². The van der Waals surface area contributed by atoms with Gasteiger partial charge in [0.15, 0.2) is 0 Å². The first-order valence-corrected chi connectivity index (χ1v) is 8.57. The molecule has 0 aromatic heterocycles. The van der Waals surface area contributed by atoms with Crippen LogP contribution < -0.4 is 0 Å². The Labute approximate surface area is 151 Å². The summed E-state index contributed by atoms with van der Waals surface area (Å²) in [5.41, 5.74) is -0.657. The molecule has 0 bridgehead atoms. The van der Waals surface area contributed by atoms with Gasteiger partial charge in [-0.3, -0.25) is 4.55 Å². The fraction of sp³-hybridized carbons (Fsp3) is 0.692. The third kappa shape index (κ3) is 6.39. The zero-order chi connectivity index (χ0) is 21.7. The second-order valence-corrected chi connectivity index (χ2v) is 6.72. The Hall–Kier alpha value is -1.80. The lowest BCUT2D eigenvalue weighted by atomic mass is 10.2. The van der Waals surface area contributed by atoms with Crippen molar-refractivity contribution in [2.75, 3.05) is 13.2 Å².